The van der Waals surface area contributed by atoms with E-state index in [1.165, 1.54) is 18.4 Å². The summed E-state index contributed by atoms with van der Waals surface area (Å²) < 4.78 is 0. The number of unbranched alkanes of at least 4 members (excludes halogenated alkanes) is 1. The Bertz CT molecular complexity index is 443. The summed E-state index contributed by atoms with van der Waals surface area (Å²) in [5, 5.41) is 6.49. The molecule has 3 nitrogen and oxygen atoms in total. The van der Waals surface area contributed by atoms with Gasteiger partial charge in [0.1, 0.15) is 0 Å². The third-order valence-electron chi connectivity index (χ3n) is 3.67. The first-order valence-electron chi connectivity index (χ1n) is 8.27. The molecule has 0 fully saturated rings. The summed E-state index contributed by atoms with van der Waals surface area (Å²) in [4.78, 5) is 12.5. The molecule has 0 aliphatic rings. The molecule has 1 unspecified atom stereocenters. The van der Waals surface area contributed by atoms with E-state index in [4.69, 9.17) is 0 Å². The van der Waals surface area contributed by atoms with Crippen LogP contribution in [0.1, 0.15) is 68.8 Å². The molecule has 0 heterocycles. The van der Waals surface area contributed by atoms with Gasteiger partial charge in [0.2, 0.25) is 0 Å². The lowest BCUT2D eigenvalue weighted by Crippen LogP contribution is -2.35. The van der Waals surface area contributed by atoms with E-state index < -0.39 is 0 Å². The highest BCUT2D eigenvalue weighted by atomic mass is 16.1. The number of rotatable bonds is 9. The molecule has 2 N–H and O–H groups in total. The first kappa shape index (κ1) is 17.5. The molecule has 0 aliphatic heterocycles. The normalized spacial score (nSPS) is 12.0. The van der Waals surface area contributed by atoms with Crippen molar-refractivity contribution in [2.45, 2.75) is 65.8 Å². The third kappa shape index (κ3) is 5.78. The van der Waals surface area contributed by atoms with Crippen LogP contribution in [0.2, 0.25) is 0 Å². The second-order valence-corrected chi connectivity index (χ2v) is 5.68. The maximum Gasteiger partial charge on any atom is 0.253 e. The first-order chi connectivity index (χ1) is 10.1. The zero-order chi connectivity index (χ0) is 15.7. The Morgan fingerprint density at radius 3 is 2.52 bits per heavy atom. The monoisotopic (exact) mass is 290 g/mol. The van der Waals surface area contributed by atoms with Gasteiger partial charge in [-0.05, 0) is 44.4 Å². The van der Waals surface area contributed by atoms with Crippen molar-refractivity contribution >= 4 is 11.6 Å². The van der Waals surface area contributed by atoms with Crippen LogP contribution in [0.25, 0.3) is 0 Å². The first-order valence-corrected chi connectivity index (χ1v) is 8.27. The summed E-state index contributed by atoms with van der Waals surface area (Å²) in [6.07, 6.45) is 5.55. The number of carbonyl (C=O) groups excluding carboxylic acids is 1. The van der Waals surface area contributed by atoms with Gasteiger partial charge in [-0.15, -0.1) is 0 Å². The molecule has 1 aromatic rings. The summed E-state index contributed by atoms with van der Waals surface area (Å²) in [7, 11) is 0. The molecular weight excluding hydrogens is 260 g/mol. The van der Waals surface area contributed by atoms with Crippen molar-refractivity contribution in [1.82, 2.24) is 5.32 Å². The fraction of sp³-hybridized carbons (Fsp3) is 0.611. The van der Waals surface area contributed by atoms with Crippen molar-refractivity contribution in [3.05, 3.63) is 29.3 Å². The summed E-state index contributed by atoms with van der Waals surface area (Å²) in [5.41, 5.74) is 2.85. The van der Waals surface area contributed by atoms with E-state index in [-0.39, 0.29) is 5.91 Å². The lowest BCUT2D eigenvalue weighted by atomic mass is 10.0. The summed E-state index contributed by atoms with van der Waals surface area (Å²) >= 11 is 0. The van der Waals surface area contributed by atoms with Gasteiger partial charge in [0.25, 0.3) is 5.91 Å². The van der Waals surface area contributed by atoms with E-state index in [1.807, 2.05) is 32.0 Å². The lowest BCUT2D eigenvalue weighted by molar-refractivity contribution is 0.0933. The Morgan fingerprint density at radius 1 is 1.14 bits per heavy atom. The molecule has 0 bridgehead atoms. The summed E-state index contributed by atoms with van der Waals surface area (Å²) in [6, 6.07) is 6.25. The SMILES string of the molecule is CCCCC(CCC)NC(=O)c1ccc(C)cc1NCC. The van der Waals surface area contributed by atoms with Crippen molar-refractivity contribution in [3.63, 3.8) is 0 Å². The smallest absolute Gasteiger partial charge is 0.253 e. The Balaban J connectivity index is 2.81. The van der Waals surface area contributed by atoms with Gasteiger partial charge < -0.3 is 10.6 Å². The number of anilines is 1. The maximum absolute atomic E-state index is 12.5. The second kappa shape index (κ2) is 9.43. The topological polar surface area (TPSA) is 41.1 Å². The summed E-state index contributed by atoms with van der Waals surface area (Å²) in [6.45, 7) is 9.27. The zero-order valence-corrected chi connectivity index (χ0v) is 14.0. The summed E-state index contributed by atoms with van der Waals surface area (Å²) in [5.74, 6) is 0.0421. The van der Waals surface area contributed by atoms with Gasteiger partial charge in [-0.25, -0.2) is 0 Å². The van der Waals surface area contributed by atoms with E-state index in [0.29, 0.717) is 6.04 Å². The molecule has 1 rings (SSSR count). The quantitative estimate of drug-likeness (QED) is 0.702. The molecule has 1 amide bonds. The molecule has 0 aromatic heterocycles. The van der Waals surface area contributed by atoms with Crippen LogP contribution >= 0.6 is 0 Å². The molecule has 0 aliphatic carbocycles. The van der Waals surface area contributed by atoms with E-state index in [0.717, 1.165) is 37.1 Å². The standard InChI is InChI=1S/C18H30N2O/c1-5-8-10-15(9-6-2)20-18(21)16-12-11-14(4)13-17(16)19-7-3/h11-13,15,19H,5-10H2,1-4H3,(H,20,21). The van der Waals surface area contributed by atoms with Crippen LogP contribution in [0.4, 0.5) is 5.69 Å². The van der Waals surface area contributed by atoms with E-state index in [2.05, 4.69) is 24.5 Å². The highest BCUT2D eigenvalue weighted by Gasteiger charge is 2.15. The van der Waals surface area contributed by atoms with Crippen molar-refractivity contribution in [2.75, 3.05) is 11.9 Å². The predicted molar refractivity (Wildman–Crippen MR) is 91.0 cm³/mol. The average molecular weight is 290 g/mol. The Morgan fingerprint density at radius 2 is 1.90 bits per heavy atom. The molecule has 1 aromatic carbocycles. The number of hydrogen-bond acceptors (Lipinski definition) is 2. The van der Waals surface area contributed by atoms with E-state index in [1.54, 1.807) is 0 Å². The van der Waals surface area contributed by atoms with Gasteiger partial charge in [-0.1, -0.05) is 39.2 Å². The molecule has 1 atom stereocenters. The van der Waals surface area contributed by atoms with E-state index in [9.17, 15) is 4.79 Å². The minimum Gasteiger partial charge on any atom is -0.385 e. The average Bonchev–Trinajstić information content (AvgIpc) is 2.45. The molecule has 0 spiro atoms. The number of amides is 1. The number of nitrogens with one attached hydrogen (secondary N) is 2. The van der Waals surface area contributed by atoms with Crippen LogP contribution in [0.5, 0.6) is 0 Å². The molecule has 0 saturated heterocycles. The highest BCUT2D eigenvalue weighted by Crippen LogP contribution is 2.18. The lowest BCUT2D eigenvalue weighted by Gasteiger charge is -2.19. The minimum atomic E-state index is 0.0421. The Kier molecular flexibility index (Phi) is 7.88. The van der Waals surface area contributed by atoms with Crippen molar-refractivity contribution in [1.29, 1.82) is 0 Å². The fourth-order valence-electron chi connectivity index (χ4n) is 2.54. The van der Waals surface area contributed by atoms with Crippen LogP contribution in [0.3, 0.4) is 0 Å². The van der Waals surface area contributed by atoms with Gasteiger partial charge in [0.15, 0.2) is 0 Å². The number of benzene rings is 1. The molecule has 0 saturated carbocycles. The highest BCUT2D eigenvalue weighted by molar-refractivity contribution is 5.99. The van der Waals surface area contributed by atoms with E-state index >= 15 is 0 Å². The van der Waals surface area contributed by atoms with Crippen LogP contribution in [0, 0.1) is 6.92 Å². The van der Waals surface area contributed by atoms with Gasteiger partial charge in [0.05, 0.1) is 5.56 Å². The van der Waals surface area contributed by atoms with Gasteiger partial charge in [0, 0.05) is 18.3 Å². The molecular formula is C18H30N2O. The Labute approximate surface area is 129 Å². The van der Waals surface area contributed by atoms with Crippen molar-refractivity contribution in [2.24, 2.45) is 0 Å². The molecule has 118 valence electrons. The van der Waals surface area contributed by atoms with Crippen LogP contribution < -0.4 is 10.6 Å². The van der Waals surface area contributed by atoms with Crippen molar-refractivity contribution < 1.29 is 4.79 Å². The van der Waals surface area contributed by atoms with Crippen LogP contribution in [0.15, 0.2) is 18.2 Å². The second-order valence-electron chi connectivity index (χ2n) is 5.68. The maximum atomic E-state index is 12.5. The fourth-order valence-corrected chi connectivity index (χ4v) is 2.54. The number of aryl methyl sites for hydroxylation is 1. The third-order valence-corrected chi connectivity index (χ3v) is 3.67. The van der Waals surface area contributed by atoms with Crippen LogP contribution in [-0.4, -0.2) is 18.5 Å². The molecule has 3 heteroatoms. The van der Waals surface area contributed by atoms with Gasteiger partial charge in [-0.2, -0.15) is 0 Å². The van der Waals surface area contributed by atoms with Gasteiger partial charge in [-0.3, -0.25) is 4.79 Å². The van der Waals surface area contributed by atoms with Crippen LogP contribution in [-0.2, 0) is 0 Å². The Hall–Kier alpha value is -1.51. The van der Waals surface area contributed by atoms with Crippen molar-refractivity contribution in [3.8, 4) is 0 Å². The number of hydrogen-bond donors (Lipinski definition) is 2. The molecule has 21 heavy (non-hydrogen) atoms. The minimum absolute atomic E-state index is 0.0421. The molecule has 0 radical (unpaired) electrons. The largest absolute Gasteiger partial charge is 0.385 e. The number of carbonyl (C=O) groups is 1. The predicted octanol–water partition coefficient (Wildman–Crippen LogP) is 4.52. The zero-order valence-electron chi connectivity index (χ0n) is 14.0. The van der Waals surface area contributed by atoms with Gasteiger partial charge >= 0.3 is 0 Å².